The van der Waals surface area contributed by atoms with Crippen LogP contribution in [0.3, 0.4) is 0 Å². The van der Waals surface area contributed by atoms with E-state index in [2.05, 4.69) is 30.7 Å². The SMILES string of the molecule is Cc1cc(NN)ccc1C(=O)NCc1cc(C)c(C)s1. The van der Waals surface area contributed by atoms with Crippen LogP contribution in [0, 0.1) is 20.8 Å². The number of hydrogen-bond donors (Lipinski definition) is 3. The standard InChI is InChI=1S/C15H19N3OS/c1-9-7-13(20-11(9)3)8-17-15(19)14-5-4-12(18-16)6-10(14)2/h4-7,18H,8,16H2,1-3H3,(H,17,19). The van der Waals surface area contributed by atoms with Gasteiger partial charge in [0, 0.05) is 21.0 Å². The van der Waals surface area contributed by atoms with Crippen molar-refractivity contribution in [2.24, 2.45) is 5.84 Å². The largest absolute Gasteiger partial charge is 0.347 e. The number of amides is 1. The zero-order valence-corrected chi connectivity index (χ0v) is 12.7. The zero-order valence-electron chi connectivity index (χ0n) is 11.9. The normalized spacial score (nSPS) is 10.4. The Balaban J connectivity index is 2.05. The highest BCUT2D eigenvalue weighted by Crippen LogP contribution is 2.20. The van der Waals surface area contributed by atoms with Crippen LogP contribution in [-0.2, 0) is 6.54 Å². The molecule has 0 radical (unpaired) electrons. The van der Waals surface area contributed by atoms with Gasteiger partial charge in [-0.3, -0.25) is 10.6 Å². The fourth-order valence-electron chi connectivity index (χ4n) is 2.01. The van der Waals surface area contributed by atoms with Crippen molar-refractivity contribution in [3.8, 4) is 0 Å². The first-order chi connectivity index (χ1) is 9.51. The maximum Gasteiger partial charge on any atom is 0.251 e. The average Bonchev–Trinajstić information content (AvgIpc) is 2.75. The third-order valence-electron chi connectivity index (χ3n) is 3.28. The highest BCUT2D eigenvalue weighted by molar-refractivity contribution is 7.12. The van der Waals surface area contributed by atoms with Gasteiger partial charge >= 0.3 is 0 Å². The number of carbonyl (C=O) groups excluding carboxylic acids is 1. The van der Waals surface area contributed by atoms with Crippen LogP contribution in [0.15, 0.2) is 24.3 Å². The fraction of sp³-hybridized carbons (Fsp3) is 0.267. The molecule has 20 heavy (non-hydrogen) atoms. The number of anilines is 1. The lowest BCUT2D eigenvalue weighted by atomic mass is 10.1. The van der Waals surface area contributed by atoms with Crippen molar-refractivity contribution < 1.29 is 4.79 Å². The fourth-order valence-corrected chi connectivity index (χ4v) is 3.00. The Labute approximate surface area is 123 Å². The van der Waals surface area contributed by atoms with Crippen molar-refractivity contribution >= 4 is 22.9 Å². The first-order valence-electron chi connectivity index (χ1n) is 6.42. The van der Waals surface area contributed by atoms with Gasteiger partial charge in [0.15, 0.2) is 0 Å². The highest BCUT2D eigenvalue weighted by Gasteiger charge is 2.10. The Kier molecular flexibility index (Phi) is 4.42. The molecule has 0 aliphatic heterocycles. The molecule has 0 unspecified atom stereocenters. The van der Waals surface area contributed by atoms with Crippen LogP contribution in [0.5, 0.6) is 0 Å². The summed E-state index contributed by atoms with van der Waals surface area (Å²) in [6.45, 7) is 6.64. The topological polar surface area (TPSA) is 67.1 Å². The van der Waals surface area contributed by atoms with Crippen LogP contribution in [0.25, 0.3) is 0 Å². The number of aryl methyl sites for hydroxylation is 3. The van der Waals surface area contributed by atoms with Gasteiger partial charge in [-0.25, -0.2) is 0 Å². The number of thiophene rings is 1. The summed E-state index contributed by atoms with van der Waals surface area (Å²) in [5.41, 5.74) is 6.21. The predicted octanol–water partition coefficient (Wildman–Crippen LogP) is 2.89. The number of carbonyl (C=O) groups is 1. The summed E-state index contributed by atoms with van der Waals surface area (Å²) in [5.74, 6) is 5.29. The molecule has 2 rings (SSSR count). The van der Waals surface area contributed by atoms with Crippen molar-refractivity contribution in [3.05, 3.63) is 50.7 Å². The Morgan fingerprint density at radius 3 is 2.50 bits per heavy atom. The minimum atomic E-state index is -0.0604. The lowest BCUT2D eigenvalue weighted by Crippen LogP contribution is -2.23. The molecular weight excluding hydrogens is 270 g/mol. The maximum atomic E-state index is 12.2. The number of nitrogens with one attached hydrogen (secondary N) is 2. The van der Waals surface area contributed by atoms with Crippen molar-refractivity contribution in [2.45, 2.75) is 27.3 Å². The molecule has 1 amide bonds. The van der Waals surface area contributed by atoms with E-state index in [1.54, 1.807) is 23.5 Å². The molecule has 106 valence electrons. The first-order valence-corrected chi connectivity index (χ1v) is 7.24. The van der Waals surface area contributed by atoms with Crippen LogP contribution < -0.4 is 16.6 Å². The summed E-state index contributed by atoms with van der Waals surface area (Å²) < 4.78 is 0. The molecule has 0 aliphatic rings. The number of nitrogens with two attached hydrogens (primary N) is 1. The Hall–Kier alpha value is -1.85. The number of rotatable bonds is 4. The summed E-state index contributed by atoms with van der Waals surface area (Å²) in [5, 5.41) is 2.95. The van der Waals surface area contributed by atoms with E-state index >= 15 is 0 Å². The highest BCUT2D eigenvalue weighted by atomic mass is 32.1. The molecule has 2 aromatic rings. The minimum absolute atomic E-state index is 0.0604. The number of benzene rings is 1. The molecule has 4 N–H and O–H groups in total. The van der Waals surface area contributed by atoms with Crippen LogP contribution in [-0.4, -0.2) is 5.91 Å². The molecule has 0 saturated carbocycles. The summed E-state index contributed by atoms with van der Waals surface area (Å²) in [6.07, 6.45) is 0. The molecule has 1 heterocycles. The molecule has 1 aromatic heterocycles. The van der Waals surface area contributed by atoms with Gasteiger partial charge in [-0.15, -0.1) is 11.3 Å². The van der Waals surface area contributed by atoms with E-state index in [1.165, 1.54) is 15.3 Å². The number of nitrogen functional groups attached to an aromatic ring is 1. The van der Waals surface area contributed by atoms with Gasteiger partial charge in [0.25, 0.3) is 5.91 Å². The molecule has 0 saturated heterocycles. The second-order valence-corrected chi connectivity index (χ2v) is 6.15. The Morgan fingerprint density at radius 1 is 1.20 bits per heavy atom. The lowest BCUT2D eigenvalue weighted by Gasteiger charge is -2.08. The summed E-state index contributed by atoms with van der Waals surface area (Å²) >= 11 is 1.72. The predicted molar refractivity (Wildman–Crippen MR) is 84.0 cm³/mol. The zero-order chi connectivity index (χ0) is 14.7. The second-order valence-electron chi connectivity index (χ2n) is 4.81. The Morgan fingerprint density at radius 2 is 1.95 bits per heavy atom. The molecule has 0 fully saturated rings. The van der Waals surface area contributed by atoms with Gasteiger partial charge in [0.05, 0.1) is 6.54 Å². The smallest absolute Gasteiger partial charge is 0.251 e. The lowest BCUT2D eigenvalue weighted by molar-refractivity contribution is 0.0950. The quantitative estimate of drug-likeness (QED) is 0.599. The first kappa shape index (κ1) is 14.6. The molecular formula is C15H19N3OS. The van der Waals surface area contributed by atoms with Gasteiger partial charge in [-0.2, -0.15) is 0 Å². The molecule has 4 nitrogen and oxygen atoms in total. The summed E-state index contributed by atoms with van der Waals surface area (Å²) in [7, 11) is 0. The van der Waals surface area contributed by atoms with Gasteiger partial charge in [0.2, 0.25) is 0 Å². The summed E-state index contributed by atoms with van der Waals surface area (Å²) in [6, 6.07) is 7.55. The number of hydrogen-bond acceptors (Lipinski definition) is 4. The van der Waals surface area contributed by atoms with Crippen LogP contribution >= 0.6 is 11.3 Å². The monoisotopic (exact) mass is 289 g/mol. The van der Waals surface area contributed by atoms with E-state index in [4.69, 9.17) is 5.84 Å². The van der Waals surface area contributed by atoms with Gasteiger partial charge in [-0.1, -0.05) is 0 Å². The van der Waals surface area contributed by atoms with Crippen LogP contribution in [0.1, 0.15) is 31.2 Å². The number of hydrazine groups is 1. The molecule has 0 spiro atoms. The average molecular weight is 289 g/mol. The van der Waals surface area contributed by atoms with Gasteiger partial charge in [0.1, 0.15) is 0 Å². The summed E-state index contributed by atoms with van der Waals surface area (Å²) in [4.78, 5) is 14.6. The van der Waals surface area contributed by atoms with Gasteiger partial charge in [-0.05, 0) is 56.2 Å². The second kappa shape index (κ2) is 6.07. The van der Waals surface area contributed by atoms with E-state index in [1.807, 2.05) is 13.0 Å². The maximum absolute atomic E-state index is 12.2. The Bertz CT molecular complexity index is 615. The van der Waals surface area contributed by atoms with Crippen LogP contribution in [0.2, 0.25) is 0 Å². The van der Waals surface area contributed by atoms with Crippen molar-refractivity contribution in [2.75, 3.05) is 5.43 Å². The van der Waals surface area contributed by atoms with Crippen molar-refractivity contribution in [1.82, 2.24) is 5.32 Å². The molecule has 1 aromatic carbocycles. The molecule has 5 heteroatoms. The molecule has 0 aliphatic carbocycles. The van der Waals surface area contributed by atoms with E-state index in [0.717, 1.165) is 11.3 Å². The van der Waals surface area contributed by atoms with E-state index < -0.39 is 0 Å². The van der Waals surface area contributed by atoms with Crippen molar-refractivity contribution in [3.63, 3.8) is 0 Å². The minimum Gasteiger partial charge on any atom is -0.347 e. The molecule has 0 atom stereocenters. The van der Waals surface area contributed by atoms with Crippen molar-refractivity contribution in [1.29, 1.82) is 0 Å². The van der Waals surface area contributed by atoms with E-state index in [0.29, 0.717) is 12.1 Å². The third kappa shape index (κ3) is 3.18. The van der Waals surface area contributed by atoms with E-state index in [-0.39, 0.29) is 5.91 Å². The van der Waals surface area contributed by atoms with E-state index in [9.17, 15) is 4.79 Å². The van der Waals surface area contributed by atoms with Crippen LogP contribution in [0.4, 0.5) is 5.69 Å². The third-order valence-corrected chi connectivity index (χ3v) is 4.43. The molecule has 0 bridgehead atoms. The van der Waals surface area contributed by atoms with Gasteiger partial charge < -0.3 is 10.7 Å².